The van der Waals surface area contributed by atoms with Crippen LogP contribution in [0.3, 0.4) is 0 Å². The normalized spacial score (nSPS) is 12.5. The smallest absolute Gasteiger partial charge is 0.230 e. The molecule has 32 heavy (non-hydrogen) atoms. The fourth-order valence-corrected chi connectivity index (χ4v) is 4.27. The van der Waals surface area contributed by atoms with E-state index in [1.54, 1.807) is 49.1 Å². The molecule has 0 aliphatic rings. The van der Waals surface area contributed by atoms with E-state index in [-0.39, 0.29) is 23.5 Å². The molecule has 3 heterocycles. The first kappa shape index (κ1) is 21.6. The number of sulfonamides is 1. The molecule has 0 bridgehead atoms. The number of halogens is 1. The second-order valence-corrected chi connectivity index (χ2v) is 9.15. The maximum absolute atomic E-state index is 13.7. The van der Waals surface area contributed by atoms with Crippen LogP contribution in [0.15, 0.2) is 91.5 Å². The van der Waals surface area contributed by atoms with Crippen molar-refractivity contribution in [1.29, 1.82) is 0 Å². The lowest BCUT2D eigenvalue weighted by molar-refractivity contribution is 0.606. The fourth-order valence-electron chi connectivity index (χ4n) is 3.77. The lowest BCUT2D eigenvalue weighted by Crippen LogP contribution is -2.18. The highest BCUT2D eigenvalue weighted by Gasteiger charge is 2.30. The monoisotopic (exact) mass is 448 g/mol. The summed E-state index contributed by atoms with van der Waals surface area (Å²) < 4.78 is 39.7. The maximum Gasteiger partial charge on any atom is 0.230 e. The van der Waals surface area contributed by atoms with E-state index in [4.69, 9.17) is 0 Å². The summed E-state index contributed by atoms with van der Waals surface area (Å²) in [6.07, 6.45) is 8.05. The Hall–Kier alpha value is -3.65. The number of benzene rings is 1. The minimum atomic E-state index is -3.50. The molecule has 1 atom stereocenters. The third-order valence-electron chi connectivity index (χ3n) is 5.03. The van der Waals surface area contributed by atoms with Crippen LogP contribution in [0, 0.1) is 5.82 Å². The summed E-state index contributed by atoms with van der Waals surface area (Å²) in [4.78, 5) is 13.2. The van der Waals surface area contributed by atoms with Crippen molar-refractivity contribution in [1.82, 2.24) is 15.0 Å². The summed E-state index contributed by atoms with van der Waals surface area (Å²) >= 11 is 0. The molecule has 0 aliphatic heterocycles. The zero-order chi connectivity index (χ0) is 22.6. The summed E-state index contributed by atoms with van der Waals surface area (Å²) in [6, 6.07) is 19.1. The van der Waals surface area contributed by atoms with Crippen molar-refractivity contribution in [3.05, 3.63) is 120 Å². The van der Waals surface area contributed by atoms with Crippen molar-refractivity contribution in [2.24, 2.45) is 0 Å². The van der Waals surface area contributed by atoms with E-state index < -0.39 is 10.0 Å². The summed E-state index contributed by atoms with van der Waals surface area (Å²) in [7, 11) is -3.50. The number of aromatic nitrogens is 3. The van der Waals surface area contributed by atoms with Gasteiger partial charge in [-0.3, -0.25) is 14.7 Å². The predicted octanol–water partition coefficient (Wildman–Crippen LogP) is 4.35. The van der Waals surface area contributed by atoms with Crippen molar-refractivity contribution in [3.8, 4) is 0 Å². The zero-order valence-corrected chi connectivity index (χ0v) is 18.1. The summed E-state index contributed by atoms with van der Waals surface area (Å²) in [5, 5.41) is 0. The number of hydrogen-bond acceptors (Lipinski definition) is 5. The molecular formula is C24H21FN4O2S. The number of rotatable bonds is 7. The van der Waals surface area contributed by atoms with Gasteiger partial charge in [0, 0.05) is 36.6 Å². The number of nitrogens with one attached hydrogen (secondary N) is 1. The number of pyridine rings is 3. The van der Waals surface area contributed by atoms with Crippen LogP contribution in [0.25, 0.3) is 0 Å². The highest BCUT2D eigenvalue weighted by Crippen LogP contribution is 2.42. The van der Waals surface area contributed by atoms with E-state index in [0.717, 1.165) is 22.9 Å². The molecule has 8 heteroatoms. The minimum absolute atomic E-state index is 0.216. The van der Waals surface area contributed by atoms with Crippen LogP contribution in [0.4, 0.5) is 10.2 Å². The maximum atomic E-state index is 13.7. The van der Waals surface area contributed by atoms with Crippen LogP contribution >= 0.6 is 0 Å². The Balaban J connectivity index is 1.92. The van der Waals surface area contributed by atoms with E-state index in [9.17, 15) is 12.8 Å². The molecule has 0 spiro atoms. The Morgan fingerprint density at radius 2 is 1.41 bits per heavy atom. The van der Waals surface area contributed by atoms with Crippen LogP contribution in [-0.4, -0.2) is 29.6 Å². The highest BCUT2D eigenvalue weighted by atomic mass is 32.2. The van der Waals surface area contributed by atoms with Gasteiger partial charge in [0.05, 0.1) is 11.9 Å². The fraction of sp³-hybridized carbons (Fsp3) is 0.125. The van der Waals surface area contributed by atoms with E-state index in [0.29, 0.717) is 5.69 Å². The first-order chi connectivity index (χ1) is 15.4. The molecule has 1 aromatic carbocycles. The van der Waals surface area contributed by atoms with Gasteiger partial charge in [-0.15, -0.1) is 0 Å². The topological polar surface area (TPSA) is 84.8 Å². The average molecular weight is 449 g/mol. The molecule has 3 aromatic heterocycles. The van der Waals surface area contributed by atoms with Gasteiger partial charge < -0.3 is 0 Å². The molecule has 0 amide bonds. The molecule has 4 rings (SSSR count). The van der Waals surface area contributed by atoms with Crippen LogP contribution in [0.1, 0.15) is 34.2 Å². The van der Waals surface area contributed by atoms with Crippen LogP contribution in [-0.2, 0) is 10.0 Å². The van der Waals surface area contributed by atoms with E-state index >= 15 is 0 Å². The lowest BCUT2D eigenvalue weighted by atomic mass is 9.76. The van der Waals surface area contributed by atoms with Gasteiger partial charge in [-0.05, 0) is 53.1 Å². The number of nitrogens with zero attached hydrogens (tertiary/aromatic N) is 3. The van der Waals surface area contributed by atoms with Gasteiger partial charge in [0.25, 0.3) is 0 Å². The number of anilines is 1. The zero-order valence-electron chi connectivity index (χ0n) is 17.3. The SMILES string of the molecule is CS(=O)(=O)Nc1cccc(C(c2ccc(F)cc2)C(c2cccnc2)c2cccnc2)n1. The van der Waals surface area contributed by atoms with Crippen LogP contribution < -0.4 is 4.72 Å². The number of hydrogen-bond donors (Lipinski definition) is 1. The highest BCUT2D eigenvalue weighted by molar-refractivity contribution is 7.92. The van der Waals surface area contributed by atoms with Gasteiger partial charge in [-0.25, -0.2) is 17.8 Å². The third-order valence-corrected chi connectivity index (χ3v) is 5.61. The lowest BCUT2D eigenvalue weighted by Gasteiger charge is -2.28. The van der Waals surface area contributed by atoms with E-state index in [1.165, 1.54) is 12.1 Å². The minimum Gasteiger partial charge on any atom is -0.268 e. The molecular weight excluding hydrogens is 427 g/mol. The molecule has 162 valence electrons. The Bertz CT molecular complexity index is 1250. The summed E-state index contributed by atoms with van der Waals surface area (Å²) in [5.74, 6) is -0.727. The van der Waals surface area contributed by atoms with E-state index in [2.05, 4.69) is 19.7 Å². The van der Waals surface area contributed by atoms with Gasteiger partial charge in [0.15, 0.2) is 0 Å². The second-order valence-electron chi connectivity index (χ2n) is 7.40. The molecule has 4 aromatic rings. The molecule has 0 aliphatic carbocycles. The van der Waals surface area contributed by atoms with Crippen LogP contribution in [0.2, 0.25) is 0 Å². The Labute approximate surface area is 186 Å². The van der Waals surface area contributed by atoms with Gasteiger partial charge in [0.1, 0.15) is 11.6 Å². The Morgan fingerprint density at radius 3 is 1.94 bits per heavy atom. The molecule has 0 radical (unpaired) electrons. The van der Waals surface area contributed by atoms with Crippen molar-refractivity contribution in [3.63, 3.8) is 0 Å². The molecule has 1 unspecified atom stereocenters. The molecule has 0 saturated heterocycles. The van der Waals surface area contributed by atoms with Gasteiger partial charge in [-0.1, -0.05) is 30.3 Å². The van der Waals surface area contributed by atoms with Crippen molar-refractivity contribution in [2.75, 3.05) is 11.0 Å². The second kappa shape index (κ2) is 9.23. The van der Waals surface area contributed by atoms with Crippen molar-refractivity contribution < 1.29 is 12.8 Å². The first-order valence-corrected chi connectivity index (χ1v) is 11.8. The van der Waals surface area contributed by atoms with Gasteiger partial charge in [0.2, 0.25) is 10.0 Å². The first-order valence-electron chi connectivity index (χ1n) is 9.91. The van der Waals surface area contributed by atoms with Crippen LogP contribution in [0.5, 0.6) is 0 Å². The quantitative estimate of drug-likeness (QED) is 0.454. The van der Waals surface area contributed by atoms with Gasteiger partial charge >= 0.3 is 0 Å². The summed E-state index contributed by atoms with van der Waals surface area (Å²) in [5.41, 5.74) is 3.31. The Kier molecular flexibility index (Phi) is 6.23. The average Bonchev–Trinajstić information content (AvgIpc) is 2.78. The molecule has 0 saturated carbocycles. The molecule has 0 fully saturated rings. The summed E-state index contributed by atoms with van der Waals surface area (Å²) in [6.45, 7) is 0. The largest absolute Gasteiger partial charge is 0.268 e. The van der Waals surface area contributed by atoms with Crippen molar-refractivity contribution in [2.45, 2.75) is 11.8 Å². The van der Waals surface area contributed by atoms with Gasteiger partial charge in [-0.2, -0.15) is 0 Å². The third kappa shape index (κ3) is 5.15. The Morgan fingerprint density at radius 1 is 0.781 bits per heavy atom. The van der Waals surface area contributed by atoms with E-state index in [1.807, 2.05) is 30.3 Å². The predicted molar refractivity (Wildman–Crippen MR) is 121 cm³/mol. The van der Waals surface area contributed by atoms with Crippen molar-refractivity contribution >= 4 is 15.8 Å². The standard InChI is InChI=1S/C24H21FN4O2S/c1-32(30,31)29-22-8-2-7-21(28-22)24(17-9-11-20(25)12-10-17)23(18-5-3-13-26-15-18)19-6-4-14-27-16-19/h2-16,23-24H,1H3,(H,28,29). The molecule has 1 N–H and O–H groups in total. The molecule has 6 nitrogen and oxygen atoms in total.